The molecule has 0 saturated carbocycles. The van der Waals surface area contributed by atoms with Crippen LogP contribution in [0, 0.1) is 0 Å². The lowest BCUT2D eigenvalue weighted by Crippen LogP contribution is -2.48. The lowest BCUT2D eigenvalue weighted by atomic mass is 10.1. The molecule has 0 unspecified atom stereocenters. The molecule has 1 heterocycles. The summed E-state index contributed by atoms with van der Waals surface area (Å²) in [5.74, 6) is -0.606. The molecule has 1 fully saturated rings. The van der Waals surface area contributed by atoms with Crippen LogP contribution in [0.3, 0.4) is 0 Å². The van der Waals surface area contributed by atoms with E-state index >= 15 is 0 Å². The van der Waals surface area contributed by atoms with E-state index in [2.05, 4.69) is 9.99 Å². The summed E-state index contributed by atoms with van der Waals surface area (Å²) in [6, 6.07) is 6.55. The first kappa shape index (κ1) is 16.5. The highest BCUT2D eigenvalue weighted by Crippen LogP contribution is 2.10. The van der Waals surface area contributed by atoms with Crippen LogP contribution in [0.15, 0.2) is 29.4 Å². The lowest BCUT2D eigenvalue weighted by molar-refractivity contribution is -0.140. The molecule has 0 bridgehead atoms. The predicted molar refractivity (Wildman–Crippen MR) is 82.5 cm³/mol. The van der Waals surface area contributed by atoms with E-state index in [0.717, 1.165) is 6.41 Å². The Morgan fingerprint density at radius 3 is 2.22 bits per heavy atom. The SMILES string of the molecule is CC(=O)ON=C(N)c1ccc(C(=O)N2CCN(C=O)CC2)cc1. The minimum atomic E-state index is -0.561. The van der Waals surface area contributed by atoms with Gasteiger partial charge in [0, 0.05) is 44.2 Å². The quantitative estimate of drug-likeness (QED) is 0.272. The van der Waals surface area contributed by atoms with Crippen molar-refractivity contribution in [3.63, 3.8) is 0 Å². The second-order valence-corrected chi connectivity index (χ2v) is 5.07. The average Bonchev–Trinajstić information content (AvgIpc) is 2.59. The van der Waals surface area contributed by atoms with Crippen LogP contribution in [0.25, 0.3) is 0 Å². The Morgan fingerprint density at radius 1 is 1.13 bits per heavy atom. The molecule has 2 amide bonds. The number of benzene rings is 1. The van der Waals surface area contributed by atoms with Gasteiger partial charge < -0.3 is 20.4 Å². The maximum atomic E-state index is 12.4. The van der Waals surface area contributed by atoms with Crippen molar-refractivity contribution in [3.8, 4) is 0 Å². The second kappa shape index (κ2) is 7.39. The third-order valence-electron chi connectivity index (χ3n) is 3.45. The number of amidine groups is 1. The third-order valence-corrected chi connectivity index (χ3v) is 3.45. The van der Waals surface area contributed by atoms with Crippen molar-refractivity contribution < 1.29 is 19.2 Å². The van der Waals surface area contributed by atoms with Crippen LogP contribution in [-0.4, -0.2) is 60.1 Å². The minimum absolute atomic E-state index is 0.0544. The van der Waals surface area contributed by atoms with Crippen LogP contribution in [0.4, 0.5) is 0 Å². The fourth-order valence-corrected chi connectivity index (χ4v) is 2.16. The molecule has 1 aromatic rings. The Bertz CT molecular complexity index is 619. The molecule has 8 heteroatoms. The molecule has 0 atom stereocenters. The number of amides is 2. The molecule has 2 N–H and O–H groups in total. The normalized spacial score (nSPS) is 15.3. The van der Waals surface area contributed by atoms with Crippen molar-refractivity contribution in [2.75, 3.05) is 26.2 Å². The number of rotatable bonds is 4. The van der Waals surface area contributed by atoms with Gasteiger partial charge in [-0.05, 0) is 12.1 Å². The number of carbonyl (C=O) groups excluding carboxylic acids is 3. The number of nitrogens with zero attached hydrogens (tertiary/aromatic N) is 3. The third kappa shape index (κ3) is 4.29. The van der Waals surface area contributed by atoms with Crippen LogP contribution >= 0.6 is 0 Å². The maximum Gasteiger partial charge on any atom is 0.332 e. The Morgan fingerprint density at radius 2 is 1.70 bits per heavy atom. The van der Waals surface area contributed by atoms with E-state index < -0.39 is 5.97 Å². The number of hydrogen-bond donors (Lipinski definition) is 1. The number of carbonyl (C=O) groups is 3. The van der Waals surface area contributed by atoms with Gasteiger partial charge in [-0.15, -0.1) is 0 Å². The molecular formula is C15H18N4O4. The van der Waals surface area contributed by atoms with Crippen molar-refractivity contribution in [2.24, 2.45) is 10.9 Å². The van der Waals surface area contributed by atoms with E-state index in [-0.39, 0.29) is 11.7 Å². The van der Waals surface area contributed by atoms with Gasteiger partial charge in [0.05, 0.1) is 0 Å². The van der Waals surface area contributed by atoms with E-state index in [4.69, 9.17) is 5.73 Å². The smallest absolute Gasteiger partial charge is 0.332 e. The number of piperazine rings is 1. The van der Waals surface area contributed by atoms with Crippen LogP contribution < -0.4 is 5.73 Å². The summed E-state index contributed by atoms with van der Waals surface area (Å²) >= 11 is 0. The zero-order chi connectivity index (χ0) is 16.8. The van der Waals surface area contributed by atoms with Gasteiger partial charge in [0.25, 0.3) is 5.91 Å². The van der Waals surface area contributed by atoms with E-state index in [1.807, 2.05) is 0 Å². The van der Waals surface area contributed by atoms with Crippen molar-refractivity contribution >= 4 is 24.1 Å². The fraction of sp³-hybridized carbons (Fsp3) is 0.333. The van der Waals surface area contributed by atoms with Crippen LogP contribution in [0.5, 0.6) is 0 Å². The van der Waals surface area contributed by atoms with Crippen LogP contribution in [0.2, 0.25) is 0 Å². The zero-order valence-electron chi connectivity index (χ0n) is 12.8. The summed E-state index contributed by atoms with van der Waals surface area (Å²) in [6.45, 7) is 3.32. The van der Waals surface area contributed by atoms with Crippen LogP contribution in [-0.2, 0) is 14.4 Å². The second-order valence-electron chi connectivity index (χ2n) is 5.07. The van der Waals surface area contributed by atoms with Gasteiger partial charge in [-0.2, -0.15) is 0 Å². The van der Waals surface area contributed by atoms with Crippen LogP contribution in [0.1, 0.15) is 22.8 Å². The van der Waals surface area contributed by atoms with Gasteiger partial charge in [0.1, 0.15) is 0 Å². The minimum Gasteiger partial charge on any atom is -0.380 e. The highest BCUT2D eigenvalue weighted by atomic mass is 16.7. The van der Waals surface area contributed by atoms with E-state index in [9.17, 15) is 14.4 Å². The van der Waals surface area contributed by atoms with Crippen molar-refractivity contribution in [1.82, 2.24) is 9.80 Å². The molecule has 1 aliphatic heterocycles. The molecule has 0 aromatic heterocycles. The largest absolute Gasteiger partial charge is 0.380 e. The standard InChI is InChI=1S/C15H18N4O4/c1-11(21)23-17-14(16)12-2-4-13(5-3-12)15(22)19-8-6-18(10-20)7-9-19/h2-5,10H,6-9H2,1H3,(H2,16,17). The summed E-state index contributed by atoms with van der Waals surface area (Å²) in [4.78, 5) is 41.5. The van der Waals surface area contributed by atoms with Gasteiger partial charge in [-0.3, -0.25) is 9.59 Å². The van der Waals surface area contributed by atoms with Crippen molar-refractivity contribution in [1.29, 1.82) is 0 Å². The number of nitrogens with two attached hydrogens (primary N) is 1. The zero-order valence-corrected chi connectivity index (χ0v) is 12.8. The summed E-state index contributed by atoms with van der Waals surface area (Å²) in [7, 11) is 0. The summed E-state index contributed by atoms with van der Waals surface area (Å²) < 4.78 is 0. The first-order valence-corrected chi connectivity index (χ1v) is 7.11. The van der Waals surface area contributed by atoms with E-state index in [1.54, 1.807) is 34.1 Å². The van der Waals surface area contributed by atoms with Gasteiger partial charge in [0.2, 0.25) is 6.41 Å². The topological polar surface area (TPSA) is 105 Å². The summed E-state index contributed by atoms with van der Waals surface area (Å²) in [6.07, 6.45) is 0.793. The van der Waals surface area contributed by atoms with Gasteiger partial charge in [-0.25, -0.2) is 4.79 Å². The fourth-order valence-electron chi connectivity index (χ4n) is 2.16. The summed E-state index contributed by atoms with van der Waals surface area (Å²) in [5, 5.41) is 3.49. The molecule has 1 aliphatic rings. The molecule has 0 spiro atoms. The number of oxime groups is 1. The predicted octanol–water partition coefficient (Wildman–Crippen LogP) is -0.216. The molecular weight excluding hydrogens is 300 g/mol. The molecule has 122 valence electrons. The lowest BCUT2D eigenvalue weighted by Gasteiger charge is -2.32. The first-order valence-electron chi connectivity index (χ1n) is 7.11. The molecule has 0 aliphatic carbocycles. The Labute approximate surface area is 133 Å². The Kier molecular flexibility index (Phi) is 5.29. The summed E-state index contributed by atoms with van der Waals surface area (Å²) in [5.41, 5.74) is 6.75. The monoisotopic (exact) mass is 318 g/mol. The Hall–Kier alpha value is -2.90. The first-order chi connectivity index (χ1) is 11.0. The highest BCUT2D eigenvalue weighted by Gasteiger charge is 2.21. The molecule has 23 heavy (non-hydrogen) atoms. The van der Waals surface area contributed by atoms with Crippen molar-refractivity contribution in [2.45, 2.75) is 6.92 Å². The van der Waals surface area contributed by atoms with E-state index in [0.29, 0.717) is 37.3 Å². The maximum absolute atomic E-state index is 12.4. The molecule has 8 nitrogen and oxygen atoms in total. The molecule has 1 saturated heterocycles. The van der Waals surface area contributed by atoms with Gasteiger partial charge in [0.15, 0.2) is 5.84 Å². The molecule has 1 aromatic carbocycles. The number of hydrogen-bond acceptors (Lipinski definition) is 5. The van der Waals surface area contributed by atoms with E-state index in [1.165, 1.54) is 6.92 Å². The molecule has 0 radical (unpaired) electrons. The molecule has 2 rings (SSSR count). The average molecular weight is 318 g/mol. The Balaban J connectivity index is 2.02. The van der Waals surface area contributed by atoms with Crippen molar-refractivity contribution in [3.05, 3.63) is 35.4 Å². The van der Waals surface area contributed by atoms with Gasteiger partial charge in [-0.1, -0.05) is 17.3 Å². The highest BCUT2D eigenvalue weighted by molar-refractivity contribution is 5.99. The van der Waals surface area contributed by atoms with Gasteiger partial charge >= 0.3 is 5.97 Å².